The number of nitrogens with zero attached hydrogens (tertiary/aromatic N) is 3. The van der Waals surface area contributed by atoms with E-state index in [9.17, 15) is 0 Å². The molecule has 0 N–H and O–H groups in total. The van der Waals surface area contributed by atoms with E-state index in [1.807, 2.05) is 0 Å². The van der Waals surface area contributed by atoms with Crippen LogP contribution >= 0.6 is 0 Å². The van der Waals surface area contributed by atoms with Gasteiger partial charge in [0.05, 0.1) is 33.1 Å². The number of aromatic nitrogens is 3. The number of fused-ring (bicyclic) bond motifs is 9. The van der Waals surface area contributed by atoms with Crippen LogP contribution in [0.15, 0.2) is 194 Å². The first kappa shape index (κ1) is 42.7. The first-order valence-corrected chi connectivity index (χ1v) is 25.5. The van der Waals surface area contributed by atoms with Crippen LogP contribution in [0.3, 0.4) is 0 Å². The molecule has 338 valence electrons. The van der Waals surface area contributed by atoms with Gasteiger partial charge >= 0.3 is 0 Å². The van der Waals surface area contributed by atoms with Gasteiger partial charge in [-0.1, -0.05) is 137 Å². The highest BCUT2D eigenvalue weighted by Crippen LogP contribution is 2.40. The van der Waals surface area contributed by atoms with Crippen molar-refractivity contribution in [1.29, 1.82) is 0 Å². The molecular formula is C66H59N3. The van der Waals surface area contributed by atoms with Crippen molar-refractivity contribution in [2.75, 3.05) is 0 Å². The Bertz CT molecular complexity index is 3770. The zero-order valence-corrected chi connectivity index (χ0v) is 40.2. The van der Waals surface area contributed by atoms with Crippen molar-refractivity contribution in [2.45, 2.75) is 78.6 Å². The van der Waals surface area contributed by atoms with E-state index >= 15 is 0 Å². The van der Waals surface area contributed by atoms with Crippen molar-refractivity contribution < 1.29 is 0 Å². The third-order valence-electron chi connectivity index (χ3n) is 14.7. The third-order valence-corrected chi connectivity index (χ3v) is 14.7. The van der Waals surface area contributed by atoms with Crippen LogP contribution in [0, 0.1) is 0 Å². The number of hydrogen-bond donors (Lipinski definition) is 0. The standard InChI is InChI=1S/C66H59N3/c1-4-7-17-45-26-34-63-57(38-45)55-22-13-16-25-62(55)68(63)53-33-37-66-60(44-53)56-23-14-15-24-61(56)67(66)52-31-29-49(30-32-52)51-41-50(48-20-11-10-12-21-48)42-54(43-51)69-64-35-27-46(18-8-5-2)39-58(64)59-40-47(19-9-6-3)28-36-65(59)69/h10-16,20-44H,4-9,17-19H2,1-3H3. The SMILES string of the molecule is CCCCc1ccc2c(c1)c1ccccc1n2-c1ccc2c(c1)c1ccccc1n2-c1ccc(-c2cc(-c3ccccc3)cc(-n3c4ccc(CCCC)cc4c4cc(CCCC)ccc43)c2)cc1. The van der Waals surface area contributed by atoms with Gasteiger partial charge < -0.3 is 13.7 Å². The van der Waals surface area contributed by atoms with Crippen molar-refractivity contribution in [2.24, 2.45) is 0 Å². The lowest BCUT2D eigenvalue weighted by atomic mass is 9.97. The van der Waals surface area contributed by atoms with Gasteiger partial charge in [-0.15, -0.1) is 0 Å². The Labute approximate surface area is 405 Å². The topological polar surface area (TPSA) is 14.8 Å². The number of unbranched alkanes of at least 4 members (excludes halogenated alkanes) is 3. The van der Waals surface area contributed by atoms with Crippen LogP contribution in [0.4, 0.5) is 0 Å². The fourth-order valence-electron chi connectivity index (χ4n) is 11.2. The van der Waals surface area contributed by atoms with Crippen molar-refractivity contribution >= 4 is 65.4 Å². The van der Waals surface area contributed by atoms with E-state index in [1.54, 1.807) is 0 Å². The Kier molecular flexibility index (Phi) is 11.2. The smallest absolute Gasteiger partial charge is 0.0542 e. The van der Waals surface area contributed by atoms with Gasteiger partial charge in [0.15, 0.2) is 0 Å². The lowest BCUT2D eigenvalue weighted by Crippen LogP contribution is -1.97. The summed E-state index contributed by atoms with van der Waals surface area (Å²) in [5.74, 6) is 0. The number of rotatable bonds is 14. The molecule has 0 unspecified atom stereocenters. The number of benzene rings is 9. The Morgan fingerprint density at radius 1 is 0.261 bits per heavy atom. The average Bonchev–Trinajstić information content (AvgIpc) is 4.04. The van der Waals surface area contributed by atoms with Gasteiger partial charge in [-0.05, 0) is 175 Å². The van der Waals surface area contributed by atoms with Gasteiger partial charge in [0.1, 0.15) is 0 Å². The van der Waals surface area contributed by atoms with E-state index in [-0.39, 0.29) is 0 Å². The molecule has 0 aliphatic carbocycles. The van der Waals surface area contributed by atoms with E-state index in [4.69, 9.17) is 0 Å². The summed E-state index contributed by atoms with van der Waals surface area (Å²) < 4.78 is 7.41. The predicted octanol–water partition coefficient (Wildman–Crippen LogP) is 18.3. The quantitative estimate of drug-likeness (QED) is 0.103. The monoisotopic (exact) mass is 893 g/mol. The fraction of sp³-hybridized carbons (Fsp3) is 0.182. The molecule has 3 heteroatoms. The molecule has 3 heterocycles. The molecule has 12 rings (SSSR count). The van der Waals surface area contributed by atoms with Gasteiger partial charge in [-0.3, -0.25) is 0 Å². The lowest BCUT2D eigenvalue weighted by molar-refractivity contribution is 0.795. The molecule has 0 bridgehead atoms. The van der Waals surface area contributed by atoms with Gasteiger partial charge in [0.2, 0.25) is 0 Å². The van der Waals surface area contributed by atoms with E-state index in [2.05, 4.69) is 229 Å². The molecule has 69 heavy (non-hydrogen) atoms. The van der Waals surface area contributed by atoms with Crippen molar-refractivity contribution in [3.05, 3.63) is 211 Å². The van der Waals surface area contributed by atoms with Crippen molar-refractivity contribution in [1.82, 2.24) is 13.7 Å². The summed E-state index contributed by atoms with van der Waals surface area (Å²) in [7, 11) is 0. The average molecular weight is 894 g/mol. The zero-order chi connectivity index (χ0) is 46.4. The summed E-state index contributed by atoms with van der Waals surface area (Å²) in [6, 6.07) is 73.6. The first-order valence-electron chi connectivity index (χ1n) is 25.5. The van der Waals surface area contributed by atoms with Crippen molar-refractivity contribution in [3.8, 4) is 39.3 Å². The molecule has 0 atom stereocenters. The Hall–Kier alpha value is -7.62. The van der Waals surface area contributed by atoms with Crippen LogP contribution < -0.4 is 0 Å². The third kappa shape index (κ3) is 7.62. The molecule has 0 saturated carbocycles. The van der Waals surface area contributed by atoms with E-state index in [0.29, 0.717) is 0 Å². The molecule has 3 aromatic heterocycles. The highest BCUT2D eigenvalue weighted by atomic mass is 15.0. The molecule has 0 amide bonds. The van der Waals surface area contributed by atoms with Crippen molar-refractivity contribution in [3.63, 3.8) is 0 Å². The van der Waals surface area contributed by atoms with Crippen LogP contribution in [0.2, 0.25) is 0 Å². The minimum Gasteiger partial charge on any atom is -0.309 e. The zero-order valence-electron chi connectivity index (χ0n) is 40.2. The van der Waals surface area contributed by atoms with Gasteiger partial charge in [0, 0.05) is 49.4 Å². The summed E-state index contributed by atoms with van der Waals surface area (Å²) in [5, 5.41) is 7.82. The second kappa shape index (κ2) is 18.1. The van der Waals surface area contributed by atoms with E-state index < -0.39 is 0 Å². The van der Waals surface area contributed by atoms with Gasteiger partial charge in [-0.2, -0.15) is 0 Å². The minimum atomic E-state index is 1.11. The van der Waals surface area contributed by atoms with Crippen LogP contribution in [-0.4, -0.2) is 13.7 Å². The molecule has 0 saturated heterocycles. The molecule has 12 aromatic rings. The number of aryl methyl sites for hydroxylation is 3. The Morgan fingerprint density at radius 2 is 0.638 bits per heavy atom. The minimum absolute atomic E-state index is 1.11. The van der Waals surface area contributed by atoms with Gasteiger partial charge in [-0.25, -0.2) is 0 Å². The lowest BCUT2D eigenvalue weighted by Gasteiger charge is -2.15. The number of para-hydroxylation sites is 2. The second-order valence-electron chi connectivity index (χ2n) is 19.3. The first-order chi connectivity index (χ1) is 34.1. The van der Waals surface area contributed by atoms with Crippen LogP contribution in [-0.2, 0) is 19.3 Å². The van der Waals surface area contributed by atoms with E-state index in [1.165, 1.54) is 154 Å². The molecule has 0 fully saturated rings. The number of hydrogen-bond acceptors (Lipinski definition) is 0. The molecule has 0 spiro atoms. The maximum absolute atomic E-state index is 2.51. The highest BCUT2D eigenvalue weighted by Gasteiger charge is 2.19. The molecule has 3 nitrogen and oxygen atoms in total. The highest BCUT2D eigenvalue weighted by molar-refractivity contribution is 6.13. The van der Waals surface area contributed by atoms with Crippen LogP contribution in [0.5, 0.6) is 0 Å². The normalized spacial score (nSPS) is 11.9. The molecule has 0 radical (unpaired) electrons. The van der Waals surface area contributed by atoms with Gasteiger partial charge in [0.25, 0.3) is 0 Å². The van der Waals surface area contributed by atoms with E-state index in [0.717, 1.165) is 24.9 Å². The van der Waals surface area contributed by atoms with Crippen LogP contribution in [0.25, 0.3) is 105 Å². The van der Waals surface area contributed by atoms with Crippen LogP contribution in [0.1, 0.15) is 76.0 Å². The summed E-state index contributed by atoms with van der Waals surface area (Å²) in [6.45, 7) is 6.84. The summed E-state index contributed by atoms with van der Waals surface area (Å²) in [5.41, 5.74) is 20.0. The largest absolute Gasteiger partial charge is 0.309 e. The molecule has 9 aromatic carbocycles. The maximum Gasteiger partial charge on any atom is 0.0542 e. The summed E-state index contributed by atoms with van der Waals surface area (Å²) in [4.78, 5) is 0. The fourth-order valence-corrected chi connectivity index (χ4v) is 11.2. The maximum atomic E-state index is 2.51. The molecular weight excluding hydrogens is 835 g/mol. The molecule has 0 aliphatic rings. The summed E-state index contributed by atoms with van der Waals surface area (Å²) >= 11 is 0. The molecule has 0 aliphatic heterocycles. The second-order valence-corrected chi connectivity index (χ2v) is 19.3. The Balaban J connectivity index is 0.975. The summed E-state index contributed by atoms with van der Waals surface area (Å²) in [6.07, 6.45) is 10.5. The Morgan fingerprint density at radius 3 is 1.14 bits per heavy atom. The predicted molar refractivity (Wildman–Crippen MR) is 296 cm³/mol.